The number of carboxylic acids is 4. The van der Waals surface area contributed by atoms with Gasteiger partial charge in [-0.15, -0.1) is 11.3 Å². The molecule has 0 radical (unpaired) electrons. The molecule has 46 heavy (non-hydrogen) atoms. The predicted molar refractivity (Wildman–Crippen MR) is 168 cm³/mol. The first kappa shape index (κ1) is 33.5. The summed E-state index contributed by atoms with van der Waals surface area (Å²) in [6.45, 7) is -0.579. The molecule has 242 valence electrons. The van der Waals surface area contributed by atoms with E-state index in [1.807, 2.05) is 0 Å². The van der Waals surface area contributed by atoms with Gasteiger partial charge in [0.1, 0.15) is 56.6 Å². The van der Waals surface area contributed by atoms with Gasteiger partial charge in [0.05, 0.1) is 11.4 Å². The molecule has 0 fully saturated rings. The Morgan fingerprint density at radius 2 is 1.57 bits per heavy atom. The smallest absolute Gasteiger partial charge is 0.323 e. The molecule has 0 saturated heterocycles. The molecule has 2 heterocycles. The number of allylic oxidation sites excluding steroid dienone is 1. The lowest BCUT2D eigenvalue weighted by atomic mass is 10.1. The quantitative estimate of drug-likeness (QED) is 0.0991. The number of nitrogens with one attached hydrogen (secondary N) is 1. The molecule has 0 bridgehead atoms. The molecule has 0 spiro atoms. The number of aryl methyl sites for hydroxylation is 1. The SMILES string of the molecule is Cc1ccc(N(CC(=O)O)CC(=O)O)c(OCCOC2=Cc3cc(=Cc4c(O)n(CC(=O)O)c(=S)n4CC(=O)O)sc3=CC2=N)c1. The van der Waals surface area contributed by atoms with Crippen LogP contribution in [0.1, 0.15) is 16.8 Å². The Balaban J connectivity index is 1.53. The number of nitrogens with zero attached hydrogens (tertiary/aromatic N) is 3. The van der Waals surface area contributed by atoms with E-state index >= 15 is 0 Å². The summed E-state index contributed by atoms with van der Waals surface area (Å²) in [5, 5.41) is 56.1. The first-order valence-electron chi connectivity index (χ1n) is 13.4. The van der Waals surface area contributed by atoms with Gasteiger partial charge in [0, 0.05) is 9.06 Å². The number of anilines is 1. The molecule has 15 nitrogen and oxygen atoms in total. The lowest BCUT2D eigenvalue weighted by Crippen LogP contribution is -2.34. The summed E-state index contributed by atoms with van der Waals surface area (Å²) >= 11 is 6.46. The highest BCUT2D eigenvalue weighted by atomic mass is 32.1. The number of hydrogen-bond donors (Lipinski definition) is 6. The van der Waals surface area contributed by atoms with Crippen LogP contribution in [-0.2, 0) is 37.0 Å². The van der Waals surface area contributed by atoms with Gasteiger partial charge in [-0.25, -0.2) is 0 Å². The molecule has 17 heteroatoms. The van der Waals surface area contributed by atoms with Crippen molar-refractivity contribution in [3.05, 3.63) is 60.7 Å². The summed E-state index contributed by atoms with van der Waals surface area (Å²) in [7, 11) is 0. The van der Waals surface area contributed by atoms with E-state index < -0.39 is 55.9 Å². The van der Waals surface area contributed by atoms with Crippen molar-refractivity contribution in [3.63, 3.8) is 0 Å². The summed E-state index contributed by atoms with van der Waals surface area (Å²) in [4.78, 5) is 46.5. The van der Waals surface area contributed by atoms with E-state index in [1.165, 1.54) is 22.3 Å². The maximum atomic E-state index is 11.4. The average molecular weight is 673 g/mol. The number of aliphatic carboxylic acids is 4. The predicted octanol–water partition coefficient (Wildman–Crippen LogP) is 1.32. The molecular formula is C29H28N4O11S2. The number of fused-ring (bicyclic) bond motifs is 1. The Labute approximate surface area is 268 Å². The summed E-state index contributed by atoms with van der Waals surface area (Å²) < 4.78 is 14.7. The van der Waals surface area contributed by atoms with Crippen LogP contribution >= 0.6 is 23.6 Å². The van der Waals surface area contributed by atoms with Crippen LogP contribution in [0.2, 0.25) is 0 Å². The van der Waals surface area contributed by atoms with Crippen LogP contribution in [0, 0.1) is 17.1 Å². The van der Waals surface area contributed by atoms with Gasteiger partial charge >= 0.3 is 23.9 Å². The third-order valence-electron chi connectivity index (χ3n) is 6.45. The fourth-order valence-corrected chi connectivity index (χ4v) is 5.91. The molecule has 0 aliphatic heterocycles. The van der Waals surface area contributed by atoms with Crippen LogP contribution in [0.3, 0.4) is 0 Å². The third kappa shape index (κ3) is 7.99. The van der Waals surface area contributed by atoms with Gasteiger partial charge in [-0.05, 0) is 66.7 Å². The van der Waals surface area contributed by atoms with E-state index in [4.69, 9.17) is 27.1 Å². The van der Waals surface area contributed by atoms with Gasteiger partial charge in [0.15, 0.2) is 4.77 Å². The molecule has 2 aromatic heterocycles. The topological polar surface area (TPSA) is 225 Å². The van der Waals surface area contributed by atoms with Gasteiger partial charge in [0.25, 0.3) is 0 Å². The van der Waals surface area contributed by atoms with Crippen molar-refractivity contribution in [2.24, 2.45) is 0 Å². The molecule has 0 saturated carbocycles. The number of benzene rings is 1. The Kier molecular flexibility index (Phi) is 10.3. The first-order chi connectivity index (χ1) is 21.7. The lowest BCUT2D eigenvalue weighted by molar-refractivity contribution is -0.138. The molecule has 0 unspecified atom stereocenters. The van der Waals surface area contributed by atoms with Crippen LogP contribution in [0.25, 0.3) is 18.2 Å². The van der Waals surface area contributed by atoms with Crippen molar-refractivity contribution in [2.75, 3.05) is 31.2 Å². The van der Waals surface area contributed by atoms with Crippen LogP contribution in [0.4, 0.5) is 5.69 Å². The van der Waals surface area contributed by atoms with Crippen molar-refractivity contribution in [1.29, 1.82) is 5.41 Å². The maximum absolute atomic E-state index is 11.4. The fraction of sp³-hybridized carbons (Fsp3) is 0.241. The van der Waals surface area contributed by atoms with Crippen LogP contribution in [0.15, 0.2) is 30.0 Å². The largest absolute Gasteiger partial charge is 0.493 e. The van der Waals surface area contributed by atoms with Gasteiger partial charge in [-0.2, -0.15) is 0 Å². The van der Waals surface area contributed by atoms with Crippen molar-refractivity contribution >= 4 is 77.1 Å². The number of aromatic hydroxyl groups is 1. The molecule has 1 aromatic carbocycles. The highest BCUT2D eigenvalue weighted by molar-refractivity contribution is 7.71. The van der Waals surface area contributed by atoms with Gasteiger partial charge in [-0.1, -0.05) is 6.07 Å². The van der Waals surface area contributed by atoms with E-state index in [9.17, 15) is 44.7 Å². The number of carbonyl (C=O) groups is 4. The monoisotopic (exact) mass is 672 g/mol. The van der Waals surface area contributed by atoms with Gasteiger partial charge in [0.2, 0.25) is 5.88 Å². The van der Waals surface area contributed by atoms with E-state index in [-0.39, 0.29) is 46.6 Å². The number of aromatic nitrogens is 2. The molecule has 3 aromatic rings. The summed E-state index contributed by atoms with van der Waals surface area (Å²) in [6.07, 6.45) is 4.68. The Bertz CT molecular complexity index is 1940. The molecular weight excluding hydrogens is 644 g/mol. The fourth-order valence-electron chi connectivity index (χ4n) is 4.57. The summed E-state index contributed by atoms with van der Waals surface area (Å²) in [5.41, 5.74) is 1.85. The second-order valence-corrected chi connectivity index (χ2v) is 11.4. The normalized spacial score (nSPS) is 12.6. The van der Waals surface area contributed by atoms with Crippen molar-refractivity contribution in [1.82, 2.24) is 9.13 Å². The highest BCUT2D eigenvalue weighted by Gasteiger charge is 2.21. The number of hydrogen-bond acceptors (Lipinski definition) is 11. The van der Waals surface area contributed by atoms with Crippen LogP contribution < -0.4 is 18.7 Å². The summed E-state index contributed by atoms with van der Waals surface area (Å²) in [5.74, 6) is -4.92. The zero-order valence-electron chi connectivity index (χ0n) is 24.1. The lowest BCUT2D eigenvalue weighted by Gasteiger charge is -2.24. The van der Waals surface area contributed by atoms with Gasteiger partial charge in [-0.3, -0.25) is 29.2 Å². The standard InChI is InChI=1S/C29H28N4O11S2/c1-15-2-3-19(31(11-24(34)35)12-25(36)37)22(6-15)44-5-4-43-21-8-16-7-17(46-23(16)10-18(21)30)9-20-28(42)33(14-27(40)41)29(45)32(20)13-26(38)39/h2-3,6-10,30,42H,4-5,11-14H2,1H3,(H,34,35)(H,36,37)(H,38,39)(H,40,41). The average Bonchev–Trinajstić information content (AvgIpc) is 3.43. The Hall–Kier alpha value is -5.42. The zero-order chi connectivity index (χ0) is 33.7. The van der Waals surface area contributed by atoms with E-state index in [0.717, 1.165) is 14.7 Å². The number of imidazole rings is 1. The van der Waals surface area contributed by atoms with Gasteiger partial charge < -0.3 is 44.5 Å². The number of rotatable bonds is 15. The number of ether oxygens (including phenoxy) is 2. The molecule has 1 aliphatic carbocycles. The minimum Gasteiger partial charge on any atom is -0.493 e. The Morgan fingerprint density at radius 3 is 2.20 bits per heavy atom. The Morgan fingerprint density at radius 1 is 0.935 bits per heavy atom. The molecule has 0 atom stereocenters. The minimum atomic E-state index is -1.27. The molecule has 0 amide bonds. The van der Waals surface area contributed by atoms with Crippen LogP contribution in [0.5, 0.6) is 11.6 Å². The van der Waals surface area contributed by atoms with Crippen molar-refractivity contribution in [2.45, 2.75) is 20.0 Å². The van der Waals surface area contributed by atoms with E-state index in [1.54, 1.807) is 43.3 Å². The maximum Gasteiger partial charge on any atom is 0.323 e. The van der Waals surface area contributed by atoms with Crippen molar-refractivity contribution < 1.29 is 54.2 Å². The van der Waals surface area contributed by atoms with Crippen LogP contribution in [-0.4, -0.2) is 90.6 Å². The highest BCUT2D eigenvalue weighted by Crippen LogP contribution is 2.30. The van der Waals surface area contributed by atoms with Crippen molar-refractivity contribution in [3.8, 4) is 11.6 Å². The number of thiophene rings is 1. The first-order valence-corrected chi connectivity index (χ1v) is 14.6. The van der Waals surface area contributed by atoms with E-state index in [2.05, 4.69) is 0 Å². The third-order valence-corrected chi connectivity index (χ3v) is 7.93. The molecule has 1 aliphatic rings. The molecule has 4 rings (SSSR count). The minimum absolute atomic E-state index is 0.00644. The van der Waals surface area contributed by atoms with E-state index in [0.29, 0.717) is 14.6 Å². The zero-order valence-corrected chi connectivity index (χ0v) is 25.8. The second-order valence-electron chi connectivity index (χ2n) is 9.94. The summed E-state index contributed by atoms with van der Waals surface area (Å²) in [6, 6.07) is 6.67. The number of carboxylic acid groups (broad SMARTS) is 4. The second kappa shape index (κ2) is 14.1. The molecule has 6 N–H and O–H groups in total.